The van der Waals surface area contributed by atoms with Crippen LogP contribution in [0.2, 0.25) is 0 Å². The average Bonchev–Trinajstić information content (AvgIpc) is 2.62. The molecule has 24 heavy (non-hydrogen) atoms. The van der Waals surface area contributed by atoms with Crippen molar-refractivity contribution in [3.63, 3.8) is 0 Å². The summed E-state index contributed by atoms with van der Waals surface area (Å²) in [6.45, 7) is 17.6. The van der Waals surface area contributed by atoms with E-state index in [1.54, 1.807) is 0 Å². The first-order valence-corrected chi connectivity index (χ1v) is 9.63. The molecule has 2 unspecified atom stereocenters. The quantitative estimate of drug-likeness (QED) is 0.491. The van der Waals surface area contributed by atoms with Gasteiger partial charge in [-0.25, -0.2) is 0 Å². The van der Waals surface area contributed by atoms with Gasteiger partial charge in [-0.1, -0.05) is 82.1 Å². The first kappa shape index (κ1) is 22.7. The van der Waals surface area contributed by atoms with E-state index in [1.165, 1.54) is 34.7 Å². The highest BCUT2D eigenvalue weighted by Crippen LogP contribution is 2.17. The molecule has 0 amide bonds. The van der Waals surface area contributed by atoms with Crippen molar-refractivity contribution in [2.45, 2.75) is 74.3 Å². The molecular weight excluding hydrogens is 292 g/mol. The molecule has 3 rings (SSSR count). The third-order valence-corrected chi connectivity index (χ3v) is 3.88. The van der Waals surface area contributed by atoms with Crippen molar-refractivity contribution in [2.24, 2.45) is 5.92 Å². The molecule has 0 saturated carbocycles. The summed E-state index contributed by atoms with van der Waals surface area (Å²) in [5, 5.41) is 2.67. The van der Waals surface area contributed by atoms with Crippen molar-refractivity contribution in [2.75, 3.05) is 6.61 Å². The Balaban J connectivity index is 0.000000385. The van der Waals surface area contributed by atoms with Crippen LogP contribution in [0.3, 0.4) is 0 Å². The Labute approximate surface area is 150 Å². The molecule has 1 heteroatoms. The van der Waals surface area contributed by atoms with Crippen LogP contribution in [-0.2, 0) is 4.74 Å². The number of aryl methyl sites for hydroxylation is 2. The second-order valence-electron chi connectivity index (χ2n) is 6.18. The molecule has 1 aliphatic heterocycles. The van der Waals surface area contributed by atoms with Crippen molar-refractivity contribution in [1.82, 2.24) is 0 Å². The Hall–Kier alpha value is -1.34. The zero-order valence-electron chi connectivity index (χ0n) is 17.1. The summed E-state index contributed by atoms with van der Waals surface area (Å²) >= 11 is 0. The summed E-state index contributed by atoms with van der Waals surface area (Å²) in [4.78, 5) is 0. The molecule has 136 valence electrons. The van der Waals surface area contributed by atoms with Crippen LogP contribution in [0.5, 0.6) is 0 Å². The summed E-state index contributed by atoms with van der Waals surface area (Å²) in [5.74, 6) is 0.797. The van der Waals surface area contributed by atoms with E-state index in [0.29, 0.717) is 6.10 Å². The molecule has 1 nitrogen and oxygen atoms in total. The molecule has 1 heterocycles. The van der Waals surface area contributed by atoms with Crippen LogP contribution in [0, 0.1) is 19.8 Å². The highest BCUT2D eigenvalue weighted by Gasteiger charge is 2.13. The third-order valence-electron chi connectivity index (χ3n) is 3.88. The van der Waals surface area contributed by atoms with Gasteiger partial charge in [0, 0.05) is 6.61 Å². The number of rotatable bonds is 0. The molecular formula is C23H38O. The van der Waals surface area contributed by atoms with E-state index in [2.05, 4.69) is 64.1 Å². The van der Waals surface area contributed by atoms with E-state index in [4.69, 9.17) is 4.74 Å². The van der Waals surface area contributed by atoms with Gasteiger partial charge in [0.05, 0.1) is 6.10 Å². The lowest BCUT2D eigenvalue weighted by Gasteiger charge is -2.23. The van der Waals surface area contributed by atoms with E-state index < -0.39 is 0 Å². The van der Waals surface area contributed by atoms with Gasteiger partial charge in [-0.15, -0.1) is 0 Å². The third kappa shape index (κ3) is 8.49. The Bertz CT molecular complexity index is 500. The molecule has 0 spiro atoms. The molecule has 1 fully saturated rings. The number of hydrogen-bond donors (Lipinski definition) is 0. The van der Waals surface area contributed by atoms with Crippen LogP contribution in [0.4, 0.5) is 0 Å². The first-order chi connectivity index (χ1) is 11.5. The highest BCUT2D eigenvalue weighted by molar-refractivity contribution is 5.83. The fourth-order valence-electron chi connectivity index (χ4n) is 2.50. The van der Waals surface area contributed by atoms with Crippen molar-refractivity contribution >= 4 is 10.8 Å². The van der Waals surface area contributed by atoms with Gasteiger partial charge in [0.2, 0.25) is 0 Å². The normalized spacial score (nSPS) is 19.0. The van der Waals surface area contributed by atoms with Crippen molar-refractivity contribution in [3.8, 4) is 0 Å². The predicted octanol–water partition coefficient (Wildman–Crippen LogP) is 7.33. The lowest BCUT2D eigenvalue weighted by Crippen LogP contribution is -2.21. The van der Waals surface area contributed by atoms with Crippen molar-refractivity contribution in [3.05, 3.63) is 47.5 Å². The van der Waals surface area contributed by atoms with Crippen LogP contribution in [0.25, 0.3) is 10.8 Å². The largest absolute Gasteiger partial charge is 0.378 e. The van der Waals surface area contributed by atoms with Crippen molar-refractivity contribution < 1.29 is 4.74 Å². The lowest BCUT2D eigenvalue weighted by molar-refractivity contribution is 0.000267. The van der Waals surface area contributed by atoms with Crippen LogP contribution in [0.15, 0.2) is 36.4 Å². The second kappa shape index (κ2) is 13.0. The smallest absolute Gasteiger partial charge is 0.0547 e. The van der Waals surface area contributed by atoms with Gasteiger partial charge in [-0.3, -0.25) is 0 Å². The average molecular weight is 331 g/mol. The van der Waals surface area contributed by atoms with E-state index in [-0.39, 0.29) is 0 Å². The molecule has 2 aromatic carbocycles. The summed E-state index contributed by atoms with van der Waals surface area (Å²) in [6.07, 6.45) is 3.12. The monoisotopic (exact) mass is 330 g/mol. The van der Waals surface area contributed by atoms with Crippen LogP contribution >= 0.6 is 0 Å². The molecule has 1 aliphatic rings. The Kier molecular flexibility index (Phi) is 12.3. The van der Waals surface area contributed by atoms with E-state index >= 15 is 0 Å². The topological polar surface area (TPSA) is 9.23 Å². The Morgan fingerprint density at radius 2 is 1.21 bits per heavy atom. The molecule has 0 N–H and O–H groups in total. The first-order valence-electron chi connectivity index (χ1n) is 9.63. The SMILES string of the molecule is CC.CC.CC1CCC(C)OC1.Cc1ccc2cc(C)ccc2c1. The molecule has 1 saturated heterocycles. The van der Waals surface area contributed by atoms with E-state index in [1.807, 2.05) is 27.7 Å². The minimum Gasteiger partial charge on any atom is -0.378 e. The number of ether oxygens (including phenoxy) is 1. The van der Waals surface area contributed by atoms with Gasteiger partial charge in [-0.05, 0) is 50.3 Å². The molecule has 0 aromatic heterocycles. The van der Waals surface area contributed by atoms with Gasteiger partial charge in [0.15, 0.2) is 0 Å². The zero-order valence-corrected chi connectivity index (χ0v) is 17.1. The maximum absolute atomic E-state index is 5.39. The predicted molar refractivity (Wildman–Crippen MR) is 110 cm³/mol. The molecule has 2 atom stereocenters. The number of fused-ring (bicyclic) bond motifs is 1. The molecule has 0 aliphatic carbocycles. The van der Waals surface area contributed by atoms with E-state index in [9.17, 15) is 0 Å². The zero-order chi connectivity index (χ0) is 18.5. The minimum atomic E-state index is 0.520. The Morgan fingerprint density at radius 3 is 1.54 bits per heavy atom. The summed E-state index contributed by atoms with van der Waals surface area (Å²) in [6, 6.07) is 13.1. The standard InChI is InChI=1S/C12H12.C7H14O.2C2H6/c1-9-3-5-12-8-10(2)4-6-11(12)7-9;1-6-3-4-7(2)8-5-6;2*1-2/h3-8H,1-2H3;6-7H,3-5H2,1-2H3;2*1-2H3. The van der Waals surface area contributed by atoms with Crippen molar-refractivity contribution in [1.29, 1.82) is 0 Å². The van der Waals surface area contributed by atoms with Crippen LogP contribution < -0.4 is 0 Å². The molecule has 0 radical (unpaired) electrons. The van der Waals surface area contributed by atoms with Gasteiger partial charge in [0.1, 0.15) is 0 Å². The lowest BCUT2D eigenvalue weighted by atomic mass is 10.0. The second-order valence-corrected chi connectivity index (χ2v) is 6.18. The number of benzene rings is 2. The molecule has 2 aromatic rings. The molecule has 0 bridgehead atoms. The fourth-order valence-corrected chi connectivity index (χ4v) is 2.50. The summed E-state index contributed by atoms with van der Waals surface area (Å²) in [5.41, 5.74) is 2.65. The van der Waals surface area contributed by atoms with Crippen LogP contribution in [0.1, 0.15) is 65.5 Å². The fraction of sp³-hybridized carbons (Fsp3) is 0.565. The van der Waals surface area contributed by atoms with Gasteiger partial charge >= 0.3 is 0 Å². The Morgan fingerprint density at radius 1 is 0.750 bits per heavy atom. The number of hydrogen-bond acceptors (Lipinski definition) is 1. The van der Waals surface area contributed by atoms with Gasteiger partial charge in [-0.2, -0.15) is 0 Å². The highest BCUT2D eigenvalue weighted by atomic mass is 16.5. The minimum absolute atomic E-state index is 0.520. The van der Waals surface area contributed by atoms with E-state index in [0.717, 1.165) is 12.5 Å². The maximum atomic E-state index is 5.39. The summed E-state index contributed by atoms with van der Waals surface area (Å²) in [7, 11) is 0. The van der Waals surface area contributed by atoms with Gasteiger partial charge < -0.3 is 4.74 Å². The summed E-state index contributed by atoms with van der Waals surface area (Å²) < 4.78 is 5.39. The maximum Gasteiger partial charge on any atom is 0.0547 e. The van der Waals surface area contributed by atoms with Gasteiger partial charge in [0.25, 0.3) is 0 Å². The van der Waals surface area contributed by atoms with Crippen LogP contribution in [-0.4, -0.2) is 12.7 Å².